The van der Waals surface area contributed by atoms with Gasteiger partial charge in [0.15, 0.2) is 0 Å². The van der Waals surface area contributed by atoms with Crippen molar-refractivity contribution < 1.29 is 0 Å². The zero-order valence-corrected chi connectivity index (χ0v) is 9.21. The average Bonchev–Trinajstić information content (AvgIpc) is 2.29. The summed E-state index contributed by atoms with van der Waals surface area (Å²) in [4.78, 5) is 21.8. The normalized spacial score (nSPS) is 10.6. The number of hydrogen-bond donors (Lipinski definition) is 2. The molecule has 0 fully saturated rings. The Morgan fingerprint density at radius 2 is 2.35 bits per heavy atom. The summed E-state index contributed by atoms with van der Waals surface area (Å²) < 4.78 is 0. The SMILES string of the molecule is Cc1cc(=O)[nH]c(N/N=C\c2ccccn2)n1. The quantitative estimate of drug-likeness (QED) is 0.605. The highest BCUT2D eigenvalue weighted by Gasteiger charge is 1.95. The topological polar surface area (TPSA) is 83.0 Å². The Kier molecular flexibility index (Phi) is 3.25. The lowest BCUT2D eigenvalue weighted by Crippen LogP contribution is -2.10. The molecule has 0 aliphatic heterocycles. The number of aromatic nitrogens is 3. The summed E-state index contributed by atoms with van der Waals surface area (Å²) in [5.74, 6) is 0.308. The smallest absolute Gasteiger partial charge is 0.252 e. The number of hydrogen-bond acceptors (Lipinski definition) is 5. The number of hydrazone groups is 1. The van der Waals surface area contributed by atoms with Crippen molar-refractivity contribution in [3.05, 3.63) is 52.2 Å². The number of nitrogens with one attached hydrogen (secondary N) is 2. The van der Waals surface area contributed by atoms with Crippen LogP contribution in [0.1, 0.15) is 11.4 Å². The molecule has 6 heteroatoms. The van der Waals surface area contributed by atoms with E-state index in [9.17, 15) is 4.79 Å². The molecule has 0 spiro atoms. The van der Waals surface area contributed by atoms with Crippen LogP contribution in [0.5, 0.6) is 0 Å². The molecule has 2 aromatic heterocycles. The fourth-order valence-corrected chi connectivity index (χ4v) is 1.24. The third-order valence-electron chi connectivity index (χ3n) is 1.92. The molecule has 0 unspecified atom stereocenters. The predicted molar refractivity (Wildman–Crippen MR) is 65.0 cm³/mol. The van der Waals surface area contributed by atoms with Crippen molar-refractivity contribution in [3.63, 3.8) is 0 Å². The Morgan fingerprint density at radius 3 is 3.06 bits per heavy atom. The van der Waals surface area contributed by atoms with Gasteiger partial charge in [-0.25, -0.2) is 10.4 Å². The molecule has 2 aromatic rings. The first-order valence-electron chi connectivity index (χ1n) is 5.02. The minimum absolute atomic E-state index is 0.215. The molecule has 17 heavy (non-hydrogen) atoms. The molecule has 0 saturated carbocycles. The van der Waals surface area contributed by atoms with Crippen molar-refractivity contribution in [2.75, 3.05) is 5.43 Å². The number of H-pyrrole nitrogens is 1. The van der Waals surface area contributed by atoms with E-state index < -0.39 is 0 Å². The Hall–Kier alpha value is -2.50. The number of anilines is 1. The number of rotatable bonds is 3. The highest BCUT2D eigenvalue weighted by atomic mass is 16.1. The van der Waals surface area contributed by atoms with Crippen LogP contribution in [0.3, 0.4) is 0 Å². The second-order valence-corrected chi connectivity index (χ2v) is 3.36. The lowest BCUT2D eigenvalue weighted by atomic mass is 10.4. The molecule has 6 nitrogen and oxygen atoms in total. The maximum atomic E-state index is 11.1. The molecule has 0 amide bonds. The summed E-state index contributed by atoms with van der Waals surface area (Å²) in [6, 6.07) is 6.91. The molecular formula is C11H11N5O. The van der Waals surface area contributed by atoms with E-state index in [2.05, 4.69) is 25.5 Å². The predicted octanol–water partition coefficient (Wildman–Crippen LogP) is 0.919. The second-order valence-electron chi connectivity index (χ2n) is 3.36. The van der Waals surface area contributed by atoms with Gasteiger partial charge in [-0.2, -0.15) is 5.10 Å². The minimum atomic E-state index is -0.215. The van der Waals surface area contributed by atoms with Gasteiger partial charge in [0.05, 0.1) is 11.9 Å². The first-order chi connectivity index (χ1) is 8.24. The van der Waals surface area contributed by atoms with E-state index in [-0.39, 0.29) is 5.56 Å². The van der Waals surface area contributed by atoms with Crippen LogP contribution < -0.4 is 11.0 Å². The van der Waals surface area contributed by atoms with E-state index in [0.29, 0.717) is 11.6 Å². The Morgan fingerprint density at radius 1 is 1.47 bits per heavy atom. The number of nitrogens with zero attached hydrogens (tertiary/aromatic N) is 3. The highest BCUT2D eigenvalue weighted by Crippen LogP contribution is 1.95. The number of aryl methyl sites for hydroxylation is 1. The van der Waals surface area contributed by atoms with E-state index in [1.807, 2.05) is 18.2 Å². The van der Waals surface area contributed by atoms with Gasteiger partial charge in [0, 0.05) is 18.0 Å². The molecule has 2 heterocycles. The van der Waals surface area contributed by atoms with Gasteiger partial charge >= 0.3 is 0 Å². The van der Waals surface area contributed by atoms with Gasteiger partial charge in [-0.1, -0.05) is 6.07 Å². The maximum Gasteiger partial charge on any atom is 0.252 e. The third-order valence-corrected chi connectivity index (χ3v) is 1.92. The molecule has 2 N–H and O–H groups in total. The first kappa shape index (κ1) is 11.0. The van der Waals surface area contributed by atoms with Gasteiger partial charge in [-0.05, 0) is 19.1 Å². The van der Waals surface area contributed by atoms with Crippen LogP contribution in [-0.4, -0.2) is 21.2 Å². The first-order valence-corrected chi connectivity index (χ1v) is 5.02. The molecule has 0 bridgehead atoms. The lowest BCUT2D eigenvalue weighted by Gasteiger charge is -1.99. The van der Waals surface area contributed by atoms with E-state index in [4.69, 9.17) is 0 Å². The molecule has 0 atom stereocenters. The van der Waals surface area contributed by atoms with Crippen molar-refractivity contribution in [3.8, 4) is 0 Å². The van der Waals surface area contributed by atoms with Crippen LogP contribution in [0.15, 0.2) is 40.4 Å². The van der Waals surface area contributed by atoms with Crippen molar-refractivity contribution in [2.45, 2.75) is 6.92 Å². The van der Waals surface area contributed by atoms with Gasteiger partial charge in [-0.15, -0.1) is 0 Å². The van der Waals surface area contributed by atoms with Crippen molar-refractivity contribution in [1.29, 1.82) is 0 Å². The van der Waals surface area contributed by atoms with Gasteiger partial charge in [-0.3, -0.25) is 14.8 Å². The Balaban J connectivity index is 2.07. The van der Waals surface area contributed by atoms with E-state index in [1.165, 1.54) is 6.07 Å². The van der Waals surface area contributed by atoms with Crippen molar-refractivity contribution >= 4 is 12.2 Å². The van der Waals surface area contributed by atoms with Crippen molar-refractivity contribution in [1.82, 2.24) is 15.0 Å². The average molecular weight is 229 g/mol. The van der Waals surface area contributed by atoms with Crippen LogP contribution in [-0.2, 0) is 0 Å². The largest absolute Gasteiger partial charge is 0.291 e. The minimum Gasteiger partial charge on any atom is -0.291 e. The number of pyridine rings is 1. The monoisotopic (exact) mass is 229 g/mol. The second kappa shape index (κ2) is 5.02. The molecule has 0 saturated heterocycles. The zero-order chi connectivity index (χ0) is 12.1. The fraction of sp³-hybridized carbons (Fsp3) is 0.0909. The van der Waals surface area contributed by atoms with E-state index in [1.54, 1.807) is 19.3 Å². The van der Waals surface area contributed by atoms with Gasteiger partial charge < -0.3 is 0 Å². The van der Waals surface area contributed by atoms with Crippen LogP contribution >= 0.6 is 0 Å². The summed E-state index contributed by atoms with van der Waals surface area (Å²) >= 11 is 0. The highest BCUT2D eigenvalue weighted by molar-refractivity contribution is 5.77. The Labute approximate surface area is 97.5 Å². The molecule has 0 aliphatic rings. The van der Waals surface area contributed by atoms with Crippen LogP contribution in [0.4, 0.5) is 5.95 Å². The maximum absolute atomic E-state index is 11.1. The summed E-state index contributed by atoms with van der Waals surface area (Å²) in [5, 5.41) is 3.92. The number of aromatic amines is 1. The lowest BCUT2D eigenvalue weighted by molar-refractivity contribution is 1.04. The van der Waals surface area contributed by atoms with Crippen LogP contribution in [0, 0.1) is 6.92 Å². The summed E-state index contributed by atoms with van der Waals surface area (Å²) in [6.45, 7) is 1.74. The Bertz CT molecular complexity index is 576. The van der Waals surface area contributed by atoms with Crippen molar-refractivity contribution in [2.24, 2.45) is 5.10 Å². The van der Waals surface area contributed by atoms with Crippen LogP contribution in [0.25, 0.3) is 0 Å². The molecule has 0 radical (unpaired) electrons. The molecule has 86 valence electrons. The molecule has 2 rings (SSSR count). The molecule has 0 aromatic carbocycles. The van der Waals surface area contributed by atoms with Gasteiger partial charge in [0.1, 0.15) is 0 Å². The third kappa shape index (κ3) is 3.23. The molecule has 0 aliphatic carbocycles. The van der Waals surface area contributed by atoms with Crippen LogP contribution in [0.2, 0.25) is 0 Å². The molecular weight excluding hydrogens is 218 g/mol. The van der Waals surface area contributed by atoms with Gasteiger partial charge in [0.25, 0.3) is 5.56 Å². The summed E-state index contributed by atoms with van der Waals surface area (Å²) in [7, 11) is 0. The van der Waals surface area contributed by atoms with E-state index >= 15 is 0 Å². The fourth-order valence-electron chi connectivity index (χ4n) is 1.24. The summed E-state index contributed by atoms with van der Waals surface area (Å²) in [5.41, 5.74) is 3.77. The van der Waals surface area contributed by atoms with E-state index in [0.717, 1.165) is 5.69 Å². The zero-order valence-electron chi connectivity index (χ0n) is 9.21. The summed E-state index contributed by atoms with van der Waals surface area (Å²) in [6.07, 6.45) is 3.22. The standard InChI is InChI=1S/C11H11N5O/c1-8-6-10(17)15-11(14-8)16-13-7-9-4-2-3-5-12-9/h2-7H,1H3,(H2,14,15,16,17)/b13-7-. The van der Waals surface area contributed by atoms with Gasteiger partial charge in [0.2, 0.25) is 5.95 Å².